The van der Waals surface area contributed by atoms with Crippen molar-refractivity contribution in [3.05, 3.63) is 71.8 Å². The Morgan fingerprint density at radius 1 is 1.06 bits per heavy atom. The van der Waals surface area contributed by atoms with Crippen molar-refractivity contribution in [1.29, 1.82) is 0 Å². The van der Waals surface area contributed by atoms with E-state index >= 15 is 0 Å². The van der Waals surface area contributed by atoms with Crippen LogP contribution in [0.25, 0.3) is 0 Å². The summed E-state index contributed by atoms with van der Waals surface area (Å²) in [5, 5.41) is 1.97. The highest BCUT2D eigenvalue weighted by molar-refractivity contribution is 6.74. The van der Waals surface area contributed by atoms with Gasteiger partial charge in [-0.05, 0) is 43.1 Å². The van der Waals surface area contributed by atoms with Gasteiger partial charge >= 0.3 is 5.97 Å². The van der Waals surface area contributed by atoms with E-state index < -0.39 is 20.1 Å². The first-order chi connectivity index (χ1) is 16.3. The second-order valence-corrected chi connectivity index (χ2v) is 15.9. The Bertz CT molecular complexity index is 919. The predicted octanol–water partition coefficient (Wildman–Crippen LogP) is 6.10. The van der Waals surface area contributed by atoms with Gasteiger partial charge in [-0.1, -0.05) is 81.4 Å². The Kier molecular flexibility index (Phi) is 8.60. The molecule has 192 valence electrons. The van der Waals surface area contributed by atoms with Gasteiger partial charge in [0.15, 0.2) is 5.79 Å². The largest absolute Gasteiger partial charge is 0.469 e. The van der Waals surface area contributed by atoms with Crippen LogP contribution in [0.1, 0.15) is 58.2 Å². The third kappa shape index (κ3) is 6.80. The monoisotopic (exact) mass is 499 g/mol. The lowest BCUT2D eigenvalue weighted by Crippen LogP contribution is -2.55. The number of hydrogen-bond acceptors (Lipinski definition) is 6. The van der Waals surface area contributed by atoms with Crippen LogP contribution in [0.2, 0.25) is 18.1 Å². The van der Waals surface area contributed by atoms with Crippen molar-refractivity contribution in [2.24, 2.45) is 0 Å². The van der Waals surface area contributed by atoms with E-state index in [0.717, 1.165) is 11.1 Å². The van der Waals surface area contributed by atoms with Crippen LogP contribution < -0.4 is 0 Å². The first-order valence-corrected chi connectivity index (χ1v) is 15.2. The van der Waals surface area contributed by atoms with Gasteiger partial charge in [0, 0.05) is 0 Å². The molecule has 1 fully saturated rings. The number of esters is 1. The zero-order valence-electron chi connectivity index (χ0n) is 22.4. The predicted molar refractivity (Wildman–Crippen MR) is 140 cm³/mol. The molecule has 1 heterocycles. The highest BCUT2D eigenvalue weighted by atomic mass is 28.4. The molecule has 35 heavy (non-hydrogen) atoms. The van der Waals surface area contributed by atoms with E-state index in [0.29, 0.717) is 6.61 Å². The SMILES string of the molecule is COC(=O)CC([C@H]1COC(C)(C)O1)N(O[Si](C)(C)C(C)(C)C)C(c1ccccc1)c1ccccc1. The Hall–Kier alpha value is -2.03. The maximum absolute atomic E-state index is 12.7. The number of benzene rings is 2. The van der Waals surface area contributed by atoms with Crippen LogP contribution in [0.3, 0.4) is 0 Å². The molecule has 1 saturated heterocycles. The molecular weight excluding hydrogens is 458 g/mol. The minimum absolute atomic E-state index is 0.0503. The van der Waals surface area contributed by atoms with Crippen LogP contribution in [-0.2, 0) is 23.5 Å². The minimum Gasteiger partial charge on any atom is -0.469 e. The number of hydroxylamine groups is 2. The van der Waals surface area contributed by atoms with E-state index in [2.05, 4.69) is 58.1 Å². The zero-order chi connectivity index (χ0) is 25.9. The first kappa shape index (κ1) is 27.6. The van der Waals surface area contributed by atoms with E-state index in [-0.39, 0.29) is 29.6 Å². The van der Waals surface area contributed by atoms with Gasteiger partial charge in [0.1, 0.15) is 6.10 Å². The van der Waals surface area contributed by atoms with Gasteiger partial charge in [-0.3, -0.25) is 4.79 Å². The average Bonchev–Trinajstić information content (AvgIpc) is 3.16. The summed E-state index contributed by atoms with van der Waals surface area (Å²) in [7, 11) is -0.913. The maximum Gasteiger partial charge on any atom is 0.307 e. The fraction of sp³-hybridized carbons (Fsp3) is 0.536. The Morgan fingerprint density at radius 3 is 1.97 bits per heavy atom. The van der Waals surface area contributed by atoms with Crippen LogP contribution in [0.5, 0.6) is 0 Å². The smallest absolute Gasteiger partial charge is 0.307 e. The lowest BCUT2D eigenvalue weighted by molar-refractivity contribution is -0.193. The molecule has 0 radical (unpaired) electrons. The maximum atomic E-state index is 12.7. The normalized spacial score (nSPS) is 19.2. The second kappa shape index (κ2) is 10.9. The van der Waals surface area contributed by atoms with Crippen molar-refractivity contribution >= 4 is 14.3 Å². The van der Waals surface area contributed by atoms with Crippen molar-refractivity contribution in [1.82, 2.24) is 5.06 Å². The summed E-state index contributed by atoms with van der Waals surface area (Å²) in [5.74, 6) is -1.05. The number of hydrogen-bond donors (Lipinski definition) is 0. The lowest BCUT2D eigenvalue weighted by Gasteiger charge is -2.46. The summed E-state index contributed by atoms with van der Waals surface area (Å²) < 4.78 is 24.5. The molecule has 0 aliphatic carbocycles. The second-order valence-electron chi connectivity index (χ2n) is 11.2. The fourth-order valence-corrected chi connectivity index (χ4v) is 5.06. The summed E-state index contributed by atoms with van der Waals surface area (Å²) in [5.41, 5.74) is 2.15. The molecule has 7 heteroatoms. The highest BCUT2D eigenvalue weighted by Gasteiger charge is 2.48. The number of ether oxygens (including phenoxy) is 3. The number of carbonyl (C=O) groups is 1. The fourth-order valence-electron chi connectivity index (χ4n) is 4.01. The lowest BCUT2D eigenvalue weighted by atomic mass is 9.95. The molecule has 0 spiro atoms. The van der Waals surface area contributed by atoms with Gasteiger partial charge in [-0.25, -0.2) is 0 Å². The van der Waals surface area contributed by atoms with Gasteiger partial charge in [-0.15, -0.1) is 0 Å². The van der Waals surface area contributed by atoms with Crippen molar-refractivity contribution in [2.45, 2.75) is 83.1 Å². The molecule has 2 aromatic carbocycles. The van der Waals surface area contributed by atoms with Gasteiger partial charge in [0.25, 0.3) is 0 Å². The molecule has 0 aromatic heterocycles. The highest BCUT2D eigenvalue weighted by Crippen LogP contribution is 2.42. The van der Waals surface area contributed by atoms with Crippen molar-refractivity contribution < 1.29 is 23.5 Å². The summed E-state index contributed by atoms with van der Waals surface area (Å²) in [6.07, 6.45) is -0.255. The molecule has 0 amide bonds. The van der Waals surface area contributed by atoms with E-state index in [1.54, 1.807) is 0 Å². The number of carbonyl (C=O) groups excluding carboxylic acids is 1. The summed E-state index contributed by atoms with van der Waals surface area (Å²) in [4.78, 5) is 12.7. The van der Waals surface area contributed by atoms with Crippen LogP contribution in [-0.4, -0.2) is 51.0 Å². The Labute approximate surface area is 211 Å². The Morgan fingerprint density at radius 2 is 1.57 bits per heavy atom. The molecule has 0 bridgehead atoms. The van der Waals surface area contributed by atoms with Crippen molar-refractivity contribution in [2.75, 3.05) is 13.7 Å². The molecular formula is C28H41NO5Si. The molecule has 0 N–H and O–H groups in total. The van der Waals surface area contributed by atoms with Crippen molar-refractivity contribution in [3.8, 4) is 0 Å². The van der Waals surface area contributed by atoms with Crippen molar-refractivity contribution in [3.63, 3.8) is 0 Å². The standard InChI is InChI=1S/C28H41NO5Si/c1-27(2,3)35(7,8)34-29(23(19-25(30)31-6)24-20-32-28(4,5)33-24)26(21-15-11-9-12-16-21)22-17-13-10-14-18-22/h9-18,23-24,26H,19-20H2,1-8H3/t23?,24-/m1/s1. The van der Waals surface area contributed by atoms with E-state index in [1.165, 1.54) is 7.11 Å². The van der Waals surface area contributed by atoms with Crippen LogP contribution in [0, 0.1) is 0 Å². The summed E-state index contributed by atoms with van der Waals surface area (Å²) >= 11 is 0. The number of methoxy groups -OCH3 is 1. The summed E-state index contributed by atoms with van der Waals surface area (Å²) in [6.45, 7) is 15.2. The van der Waals surface area contributed by atoms with Gasteiger partial charge in [0.05, 0.1) is 32.2 Å². The molecule has 6 nitrogen and oxygen atoms in total. The molecule has 2 atom stereocenters. The summed E-state index contributed by atoms with van der Waals surface area (Å²) in [6, 6.07) is 19.9. The molecule has 2 aromatic rings. The number of rotatable bonds is 9. The quantitative estimate of drug-likeness (QED) is 0.236. The third-order valence-electron chi connectivity index (χ3n) is 7.01. The Balaban J connectivity index is 2.19. The van der Waals surface area contributed by atoms with E-state index in [9.17, 15) is 4.79 Å². The third-order valence-corrected chi connectivity index (χ3v) is 11.3. The molecule has 0 saturated carbocycles. The van der Waals surface area contributed by atoms with Gasteiger partial charge < -0.3 is 18.7 Å². The average molecular weight is 500 g/mol. The van der Waals surface area contributed by atoms with Crippen LogP contribution in [0.15, 0.2) is 60.7 Å². The molecule has 3 rings (SSSR count). The van der Waals surface area contributed by atoms with E-state index in [1.807, 2.05) is 55.3 Å². The van der Waals surface area contributed by atoms with Crippen LogP contribution >= 0.6 is 0 Å². The first-order valence-electron chi connectivity index (χ1n) is 12.3. The molecule has 1 unspecified atom stereocenters. The molecule has 1 aliphatic rings. The molecule has 1 aliphatic heterocycles. The van der Waals surface area contributed by atoms with E-state index in [4.69, 9.17) is 18.7 Å². The van der Waals surface area contributed by atoms with Gasteiger partial charge in [-0.2, -0.15) is 5.06 Å². The zero-order valence-corrected chi connectivity index (χ0v) is 23.4. The minimum atomic E-state index is -2.33. The number of nitrogens with zero attached hydrogens (tertiary/aromatic N) is 1. The topological polar surface area (TPSA) is 57.2 Å². The van der Waals surface area contributed by atoms with Crippen LogP contribution in [0.4, 0.5) is 0 Å². The van der Waals surface area contributed by atoms with Gasteiger partial charge in [0.2, 0.25) is 8.32 Å².